The lowest BCUT2D eigenvalue weighted by Gasteiger charge is -2.07. The molecule has 25 heavy (non-hydrogen) atoms. The molecular formula is C18H17F3N2O2. The van der Waals surface area contributed by atoms with Crippen LogP contribution in [0.1, 0.15) is 22.3 Å². The molecule has 0 spiro atoms. The van der Waals surface area contributed by atoms with Crippen LogP contribution in [0.2, 0.25) is 0 Å². The number of alkyl halides is 3. The minimum absolute atomic E-state index is 0.227. The molecule has 0 fully saturated rings. The van der Waals surface area contributed by atoms with Gasteiger partial charge in [0.2, 0.25) is 0 Å². The van der Waals surface area contributed by atoms with Crippen LogP contribution in [0.15, 0.2) is 47.6 Å². The number of amides is 1. The van der Waals surface area contributed by atoms with Crippen LogP contribution in [0.25, 0.3) is 0 Å². The van der Waals surface area contributed by atoms with Gasteiger partial charge < -0.3 is 4.74 Å². The van der Waals surface area contributed by atoms with Gasteiger partial charge in [-0.2, -0.15) is 18.3 Å². The van der Waals surface area contributed by atoms with E-state index in [2.05, 4.69) is 10.5 Å². The molecule has 0 radical (unpaired) electrons. The van der Waals surface area contributed by atoms with Gasteiger partial charge >= 0.3 is 6.18 Å². The number of aryl methyl sites for hydroxylation is 2. The van der Waals surface area contributed by atoms with E-state index >= 15 is 0 Å². The molecule has 0 aliphatic heterocycles. The number of carbonyl (C=O) groups excluding carboxylic acids is 1. The molecule has 2 rings (SSSR count). The Hall–Kier alpha value is -2.83. The van der Waals surface area contributed by atoms with Gasteiger partial charge in [-0.15, -0.1) is 0 Å². The average molecular weight is 350 g/mol. The van der Waals surface area contributed by atoms with Gasteiger partial charge in [-0.05, 0) is 54.8 Å². The fourth-order valence-corrected chi connectivity index (χ4v) is 2.17. The Balaban J connectivity index is 1.88. The van der Waals surface area contributed by atoms with Crippen molar-refractivity contribution in [2.45, 2.75) is 20.0 Å². The third kappa shape index (κ3) is 5.95. The van der Waals surface area contributed by atoms with E-state index in [4.69, 9.17) is 4.74 Å². The maximum Gasteiger partial charge on any atom is 0.416 e. The van der Waals surface area contributed by atoms with E-state index in [1.54, 1.807) is 12.1 Å². The van der Waals surface area contributed by atoms with Crippen molar-refractivity contribution in [3.8, 4) is 5.75 Å². The first-order chi connectivity index (χ1) is 11.7. The SMILES string of the molecule is Cc1cc(C)cc(OCC(=O)N/N=C\c2cccc(C(F)(F)F)c2)c1. The van der Waals surface area contributed by atoms with Crippen molar-refractivity contribution in [2.75, 3.05) is 6.61 Å². The molecule has 2 aromatic carbocycles. The molecule has 0 saturated heterocycles. The molecule has 2 aromatic rings. The highest BCUT2D eigenvalue weighted by Crippen LogP contribution is 2.29. The van der Waals surface area contributed by atoms with Crippen molar-refractivity contribution in [1.29, 1.82) is 0 Å². The quantitative estimate of drug-likeness (QED) is 0.658. The summed E-state index contributed by atoms with van der Waals surface area (Å²) >= 11 is 0. The van der Waals surface area contributed by atoms with Crippen molar-refractivity contribution in [3.63, 3.8) is 0 Å². The van der Waals surface area contributed by atoms with Crippen molar-refractivity contribution in [1.82, 2.24) is 5.43 Å². The highest BCUT2D eigenvalue weighted by Gasteiger charge is 2.30. The predicted molar refractivity (Wildman–Crippen MR) is 88.6 cm³/mol. The minimum Gasteiger partial charge on any atom is -0.484 e. The van der Waals surface area contributed by atoms with Crippen LogP contribution >= 0.6 is 0 Å². The largest absolute Gasteiger partial charge is 0.484 e. The standard InChI is InChI=1S/C18H17F3N2O2/c1-12-6-13(2)8-16(7-12)25-11-17(24)23-22-10-14-4-3-5-15(9-14)18(19,20)21/h3-10H,11H2,1-2H3,(H,23,24)/b22-10-. The summed E-state index contributed by atoms with van der Waals surface area (Å²) in [6.45, 7) is 3.58. The summed E-state index contributed by atoms with van der Waals surface area (Å²) in [7, 11) is 0. The highest BCUT2D eigenvalue weighted by atomic mass is 19.4. The van der Waals surface area contributed by atoms with Crippen molar-refractivity contribution < 1.29 is 22.7 Å². The second-order valence-electron chi connectivity index (χ2n) is 5.53. The molecule has 7 heteroatoms. The first-order valence-corrected chi connectivity index (χ1v) is 7.44. The summed E-state index contributed by atoms with van der Waals surface area (Å²) in [5.74, 6) is 0.0527. The number of nitrogens with zero attached hydrogens (tertiary/aromatic N) is 1. The molecule has 1 amide bonds. The molecule has 0 atom stereocenters. The Bertz CT molecular complexity index is 766. The molecule has 4 nitrogen and oxygen atoms in total. The van der Waals surface area contributed by atoms with E-state index in [1.165, 1.54) is 12.1 Å². The van der Waals surface area contributed by atoms with Crippen molar-refractivity contribution in [2.24, 2.45) is 5.10 Å². The van der Waals surface area contributed by atoms with Crippen LogP contribution in [-0.2, 0) is 11.0 Å². The Morgan fingerprint density at radius 3 is 2.48 bits per heavy atom. The van der Waals surface area contributed by atoms with Crippen LogP contribution in [0.5, 0.6) is 5.75 Å². The first-order valence-electron chi connectivity index (χ1n) is 7.44. The number of halogens is 3. The second-order valence-corrected chi connectivity index (χ2v) is 5.53. The average Bonchev–Trinajstić information content (AvgIpc) is 2.51. The fourth-order valence-electron chi connectivity index (χ4n) is 2.17. The summed E-state index contributed by atoms with van der Waals surface area (Å²) in [5.41, 5.74) is 3.69. The van der Waals surface area contributed by atoms with Crippen LogP contribution in [-0.4, -0.2) is 18.7 Å². The van der Waals surface area contributed by atoms with Gasteiger partial charge in [0.25, 0.3) is 5.91 Å². The van der Waals surface area contributed by atoms with Gasteiger partial charge in [-0.25, -0.2) is 5.43 Å². The number of hydrazone groups is 1. The third-order valence-corrected chi connectivity index (χ3v) is 3.18. The summed E-state index contributed by atoms with van der Waals surface area (Å²) in [4.78, 5) is 11.7. The first kappa shape index (κ1) is 18.5. The molecule has 0 aliphatic rings. The van der Waals surface area contributed by atoms with E-state index in [0.717, 1.165) is 29.5 Å². The lowest BCUT2D eigenvalue weighted by Crippen LogP contribution is -2.24. The fraction of sp³-hybridized carbons (Fsp3) is 0.222. The number of benzene rings is 2. The molecule has 1 N–H and O–H groups in total. The summed E-state index contributed by atoms with van der Waals surface area (Å²) in [5, 5.41) is 3.64. The second kappa shape index (κ2) is 7.83. The Kier molecular flexibility index (Phi) is 5.80. The zero-order valence-corrected chi connectivity index (χ0v) is 13.7. The van der Waals surface area contributed by atoms with Crippen LogP contribution < -0.4 is 10.2 Å². The molecule has 132 valence electrons. The van der Waals surface area contributed by atoms with Gasteiger partial charge in [0.1, 0.15) is 5.75 Å². The lowest BCUT2D eigenvalue weighted by atomic mass is 10.1. The number of hydrogen-bond acceptors (Lipinski definition) is 3. The van der Waals surface area contributed by atoms with E-state index in [0.29, 0.717) is 5.75 Å². The van der Waals surface area contributed by atoms with E-state index in [1.807, 2.05) is 19.9 Å². The highest BCUT2D eigenvalue weighted by molar-refractivity contribution is 5.83. The molecule has 0 saturated carbocycles. The number of nitrogens with one attached hydrogen (secondary N) is 1. The molecule has 0 heterocycles. The molecule has 0 aromatic heterocycles. The van der Waals surface area contributed by atoms with Crippen LogP contribution in [0.4, 0.5) is 13.2 Å². The Labute approximate surface area is 143 Å². The normalized spacial score (nSPS) is 11.6. The van der Waals surface area contributed by atoms with E-state index in [9.17, 15) is 18.0 Å². The van der Waals surface area contributed by atoms with Gasteiger partial charge in [0.15, 0.2) is 6.61 Å². The minimum atomic E-state index is -4.42. The summed E-state index contributed by atoms with van der Waals surface area (Å²) in [6, 6.07) is 10.2. The maximum atomic E-state index is 12.6. The predicted octanol–water partition coefficient (Wildman–Crippen LogP) is 3.85. The maximum absolute atomic E-state index is 12.6. The smallest absolute Gasteiger partial charge is 0.416 e. The zero-order valence-electron chi connectivity index (χ0n) is 13.7. The van der Waals surface area contributed by atoms with Gasteiger partial charge in [0.05, 0.1) is 11.8 Å². The monoisotopic (exact) mass is 350 g/mol. The lowest BCUT2D eigenvalue weighted by molar-refractivity contribution is -0.137. The molecule has 0 unspecified atom stereocenters. The zero-order chi connectivity index (χ0) is 18.4. The molecule has 0 bridgehead atoms. The van der Waals surface area contributed by atoms with Crippen LogP contribution in [0, 0.1) is 13.8 Å². The number of rotatable bonds is 5. The Morgan fingerprint density at radius 1 is 1.16 bits per heavy atom. The van der Waals surface area contributed by atoms with Crippen molar-refractivity contribution in [3.05, 3.63) is 64.7 Å². The van der Waals surface area contributed by atoms with E-state index < -0.39 is 17.6 Å². The Morgan fingerprint density at radius 2 is 1.84 bits per heavy atom. The van der Waals surface area contributed by atoms with Crippen molar-refractivity contribution >= 4 is 12.1 Å². The van der Waals surface area contributed by atoms with Crippen LogP contribution in [0.3, 0.4) is 0 Å². The summed E-state index contributed by atoms with van der Waals surface area (Å²) < 4.78 is 43.2. The van der Waals surface area contributed by atoms with Gasteiger partial charge in [-0.1, -0.05) is 18.2 Å². The van der Waals surface area contributed by atoms with Gasteiger partial charge in [-0.3, -0.25) is 4.79 Å². The number of carbonyl (C=O) groups is 1. The number of hydrogen-bond donors (Lipinski definition) is 1. The van der Waals surface area contributed by atoms with E-state index in [-0.39, 0.29) is 12.2 Å². The molecule has 0 aliphatic carbocycles. The summed E-state index contributed by atoms with van der Waals surface area (Å²) in [6.07, 6.45) is -3.28. The number of ether oxygens (including phenoxy) is 1. The van der Waals surface area contributed by atoms with Gasteiger partial charge in [0, 0.05) is 0 Å². The molecular weight excluding hydrogens is 333 g/mol. The topological polar surface area (TPSA) is 50.7 Å². The third-order valence-electron chi connectivity index (χ3n) is 3.18.